The molecule has 0 N–H and O–H groups in total. The van der Waals surface area contributed by atoms with E-state index in [1.165, 1.54) is 12.0 Å². The monoisotopic (exact) mass is 387 g/mol. The van der Waals surface area contributed by atoms with Crippen molar-refractivity contribution in [1.82, 2.24) is 15.0 Å². The van der Waals surface area contributed by atoms with E-state index in [4.69, 9.17) is 4.74 Å². The maximum atomic E-state index is 5.85. The molecule has 2 aromatic heterocycles. The van der Waals surface area contributed by atoms with E-state index >= 15 is 0 Å². The number of aliphatic imine (C=N–C) groups is 1. The van der Waals surface area contributed by atoms with Crippen molar-refractivity contribution in [3.8, 4) is 6.01 Å². The molecule has 0 spiro atoms. The third-order valence-corrected chi connectivity index (χ3v) is 4.78. The topological polar surface area (TPSA) is 63.5 Å². The molecule has 0 amide bonds. The van der Waals surface area contributed by atoms with Gasteiger partial charge in [-0.1, -0.05) is 35.9 Å². The van der Waals surface area contributed by atoms with Crippen LogP contribution in [0.15, 0.2) is 59.7 Å². The Labute approximate surface area is 171 Å². The summed E-state index contributed by atoms with van der Waals surface area (Å²) in [7, 11) is 0. The van der Waals surface area contributed by atoms with Crippen LogP contribution in [0.5, 0.6) is 6.01 Å². The standard InChI is InChI=1S/C23H25N5O/c1-18-6-4-7-19(14-18)16-24-17-21-15-22(28-11-5-12-28)27-23(26-21)29-13-9-20-8-2-3-10-25-20/h2-4,6-8,10,14-16H,5,9,11-13,17H2,1H3. The van der Waals surface area contributed by atoms with Crippen LogP contribution in [-0.4, -0.2) is 40.9 Å². The largest absolute Gasteiger partial charge is 0.463 e. The fourth-order valence-electron chi connectivity index (χ4n) is 3.10. The number of aromatic nitrogens is 3. The van der Waals surface area contributed by atoms with Crippen LogP contribution in [0.25, 0.3) is 0 Å². The Morgan fingerprint density at radius 1 is 1.07 bits per heavy atom. The molecule has 1 aliphatic heterocycles. The van der Waals surface area contributed by atoms with Crippen LogP contribution >= 0.6 is 0 Å². The first kappa shape index (κ1) is 19.1. The van der Waals surface area contributed by atoms with Crippen LogP contribution in [0.3, 0.4) is 0 Å². The van der Waals surface area contributed by atoms with Gasteiger partial charge >= 0.3 is 6.01 Å². The van der Waals surface area contributed by atoms with Crippen LogP contribution in [0, 0.1) is 6.92 Å². The molecule has 1 aromatic carbocycles. The van der Waals surface area contributed by atoms with Gasteiger partial charge in [0.15, 0.2) is 0 Å². The molecule has 1 aliphatic rings. The normalized spacial score (nSPS) is 13.5. The fourth-order valence-corrected chi connectivity index (χ4v) is 3.10. The van der Waals surface area contributed by atoms with E-state index in [1.807, 2.05) is 42.6 Å². The molecule has 3 heterocycles. The summed E-state index contributed by atoms with van der Waals surface area (Å²) in [5.74, 6) is 0.917. The van der Waals surface area contributed by atoms with Crippen molar-refractivity contribution >= 4 is 12.0 Å². The first-order valence-electron chi connectivity index (χ1n) is 9.98. The van der Waals surface area contributed by atoms with Gasteiger partial charge in [-0.25, -0.2) is 0 Å². The summed E-state index contributed by atoms with van der Waals surface area (Å²) in [6.45, 7) is 5.11. The zero-order valence-corrected chi connectivity index (χ0v) is 16.7. The molecular formula is C23H25N5O. The zero-order valence-electron chi connectivity index (χ0n) is 16.7. The number of hydrogen-bond acceptors (Lipinski definition) is 6. The Bertz CT molecular complexity index is 970. The Morgan fingerprint density at radius 2 is 2.00 bits per heavy atom. The fraction of sp³-hybridized carbons (Fsp3) is 0.304. The Hall–Kier alpha value is -3.28. The highest BCUT2D eigenvalue weighted by atomic mass is 16.5. The molecule has 0 saturated carbocycles. The summed E-state index contributed by atoms with van der Waals surface area (Å²) in [5.41, 5.74) is 4.17. The Balaban J connectivity index is 1.43. The van der Waals surface area contributed by atoms with Gasteiger partial charge < -0.3 is 9.64 Å². The molecule has 3 aromatic rings. The van der Waals surface area contributed by atoms with Gasteiger partial charge in [0.2, 0.25) is 0 Å². The smallest absolute Gasteiger partial charge is 0.318 e. The summed E-state index contributed by atoms with van der Waals surface area (Å²) < 4.78 is 5.85. The number of anilines is 1. The summed E-state index contributed by atoms with van der Waals surface area (Å²) in [6.07, 6.45) is 5.60. The quantitative estimate of drug-likeness (QED) is 0.552. The van der Waals surface area contributed by atoms with Gasteiger partial charge in [-0.3, -0.25) is 9.98 Å². The number of ether oxygens (including phenoxy) is 1. The lowest BCUT2D eigenvalue weighted by molar-refractivity contribution is 0.294. The van der Waals surface area contributed by atoms with Crippen molar-refractivity contribution < 1.29 is 4.74 Å². The molecule has 29 heavy (non-hydrogen) atoms. The van der Waals surface area contributed by atoms with Gasteiger partial charge in [0, 0.05) is 43.7 Å². The predicted octanol–water partition coefficient (Wildman–Crippen LogP) is 3.63. The van der Waals surface area contributed by atoms with E-state index in [2.05, 4.69) is 43.9 Å². The highest BCUT2D eigenvalue weighted by molar-refractivity contribution is 5.79. The van der Waals surface area contributed by atoms with Gasteiger partial charge in [0.1, 0.15) is 5.82 Å². The van der Waals surface area contributed by atoms with Crippen LogP contribution in [0.2, 0.25) is 0 Å². The first-order chi connectivity index (χ1) is 14.3. The first-order valence-corrected chi connectivity index (χ1v) is 9.98. The van der Waals surface area contributed by atoms with Crippen LogP contribution in [0.1, 0.15) is 28.9 Å². The van der Waals surface area contributed by atoms with E-state index in [1.54, 1.807) is 6.20 Å². The van der Waals surface area contributed by atoms with E-state index < -0.39 is 0 Å². The van der Waals surface area contributed by atoms with Crippen LogP contribution in [0.4, 0.5) is 5.82 Å². The second kappa shape index (κ2) is 9.28. The van der Waals surface area contributed by atoms with E-state index in [0.717, 1.165) is 42.3 Å². The SMILES string of the molecule is Cc1cccc(C=NCc2cc(N3CCC3)nc(OCCc3ccccn3)n2)c1. The van der Waals surface area contributed by atoms with Gasteiger partial charge in [-0.2, -0.15) is 9.97 Å². The lowest BCUT2D eigenvalue weighted by Gasteiger charge is -2.32. The third kappa shape index (κ3) is 5.38. The molecule has 1 saturated heterocycles. The average molecular weight is 387 g/mol. The predicted molar refractivity (Wildman–Crippen MR) is 115 cm³/mol. The van der Waals surface area contributed by atoms with Crippen molar-refractivity contribution in [3.05, 3.63) is 77.2 Å². The summed E-state index contributed by atoms with van der Waals surface area (Å²) in [5, 5.41) is 0. The van der Waals surface area contributed by atoms with E-state index in [-0.39, 0.29) is 0 Å². The maximum Gasteiger partial charge on any atom is 0.318 e. The van der Waals surface area contributed by atoms with E-state index in [0.29, 0.717) is 19.2 Å². The minimum Gasteiger partial charge on any atom is -0.463 e. The van der Waals surface area contributed by atoms with E-state index in [9.17, 15) is 0 Å². The second-order valence-corrected chi connectivity index (χ2v) is 7.14. The minimum absolute atomic E-state index is 0.408. The minimum atomic E-state index is 0.408. The molecular weight excluding hydrogens is 362 g/mol. The second-order valence-electron chi connectivity index (χ2n) is 7.14. The number of rotatable bonds is 8. The molecule has 148 valence electrons. The Kier molecular flexibility index (Phi) is 6.10. The van der Waals surface area contributed by atoms with Crippen LogP contribution in [-0.2, 0) is 13.0 Å². The van der Waals surface area contributed by atoms with Crippen molar-refractivity contribution in [3.63, 3.8) is 0 Å². The van der Waals surface area contributed by atoms with Gasteiger partial charge in [0.25, 0.3) is 0 Å². The van der Waals surface area contributed by atoms with Crippen molar-refractivity contribution in [1.29, 1.82) is 0 Å². The number of hydrogen-bond donors (Lipinski definition) is 0. The van der Waals surface area contributed by atoms with Crippen molar-refractivity contribution in [2.24, 2.45) is 4.99 Å². The zero-order chi connectivity index (χ0) is 19.9. The maximum absolute atomic E-state index is 5.85. The van der Waals surface area contributed by atoms with Gasteiger partial charge in [-0.05, 0) is 31.0 Å². The summed E-state index contributed by atoms with van der Waals surface area (Å²) in [6, 6.07) is 16.6. The molecule has 0 bridgehead atoms. The Morgan fingerprint density at radius 3 is 2.76 bits per heavy atom. The molecule has 0 aliphatic carbocycles. The lowest BCUT2D eigenvalue weighted by atomic mass is 10.1. The lowest BCUT2D eigenvalue weighted by Crippen LogP contribution is -2.37. The molecule has 4 rings (SSSR count). The van der Waals surface area contributed by atoms with Crippen molar-refractivity contribution in [2.75, 3.05) is 24.6 Å². The molecule has 0 atom stereocenters. The van der Waals surface area contributed by atoms with Gasteiger partial charge in [-0.15, -0.1) is 0 Å². The van der Waals surface area contributed by atoms with Gasteiger partial charge in [0.05, 0.1) is 18.8 Å². The average Bonchev–Trinajstić information content (AvgIpc) is 2.68. The summed E-state index contributed by atoms with van der Waals surface area (Å²) in [4.78, 5) is 20.3. The van der Waals surface area contributed by atoms with Crippen molar-refractivity contribution in [2.45, 2.75) is 26.3 Å². The number of aryl methyl sites for hydroxylation is 1. The highest BCUT2D eigenvalue weighted by Gasteiger charge is 2.18. The number of nitrogens with zero attached hydrogens (tertiary/aromatic N) is 5. The number of benzene rings is 1. The third-order valence-electron chi connectivity index (χ3n) is 4.78. The summed E-state index contributed by atoms with van der Waals surface area (Å²) >= 11 is 0. The number of pyridine rings is 1. The molecule has 1 fully saturated rings. The molecule has 6 heteroatoms. The molecule has 0 unspecified atom stereocenters. The molecule has 6 nitrogen and oxygen atoms in total. The molecule has 0 radical (unpaired) electrons. The highest BCUT2D eigenvalue weighted by Crippen LogP contribution is 2.21. The van der Waals surface area contributed by atoms with Crippen LogP contribution < -0.4 is 9.64 Å².